The fourth-order valence-electron chi connectivity index (χ4n) is 3.51. The first kappa shape index (κ1) is 17.9. The number of para-hydroxylation sites is 3. The van der Waals surface area contributed by atoms with E-state index in [-0.39, 0.29) is 23.9 Å². The van der Waals surface area contributed by atoms with E-state index in [2.05, 4.69) is 10.3 Å². The van der Waals surface area contributed by atoms with E-state index >= 15 is 0 Å². The third kappa shape index (κ3) is 3.26. The number of carbonyl (C=O) groups is 2. The van der Waals surface area contributed by atoms with Gasteiger partial charge in [-0.1, -0.05) is 24.3 Å². The zero-order valence-corrected chi connectivity index (χ0v) is 15.5. The van der Waals surface area contributed by atoms with Crippen molar-refractivity contribution in [2.24, 2.45) is 0 Å². The lowest BCUT2D eigenvalue weighted by molar-refractivity contribution is -0.117. The third-order valence-corrected chi connectivity index (χ3v) is 4.91. The van der Waals surface area contributed by atoms with Gasteiger partial charge < -0.3 is 10.2 Å². The van der Waals surface area contributed by atoms with Gasteiger partial charge in [0.05, 0.1) is 28.6 Å². The molecule has 0 atom stereocenters. The number of benzene rings is 2. The summed E-state index contributed by atoms with van der Waals surface area (Å²) in [6, 6.07) is 12.6. The molecule has 0 radical (unpaired) electrons. The van der Waals surface area contributed by atoms with Crippen LogP contribution in [0.3, 0.4) is 0 Å². The van der Waals surface area contributed by atoms with Gasteiger partial charge in [0.1, 0.15) is 6.54 Å². The first-order valence-corrected chi connectivity index (χ1v) is 9.18. The molecular formula is C21H20N4O3. The van der Waals surface area contributed by atoms with Crippen LogP contribution in [0.1, 0.15) is 18.4 Å². The van der Waals surface area contributed by atoms with E-state index in [0.29, 0.717) is 35.2 Å². The molecule has 1 aromatic heterocycles. The molecule has 3 aromatic rings. The van der Waals surface area contributed by atoms with Crippen LogP contribution in [0.25, 0.3) is 10.9 Å². The molecule has 7 heteroatoms. The molecule has 1 fully saturated rings. The second kappa shape index (κ2) is 7.26. The van der Waals surface area contributed by atoms with Gasteiger partial charge in [0.2, 0.25) is 11.8 Å². The molecule has 2 aromatic carbocycles. The van der Waals surface area contributed by atoms with E-state index in [4.69, 9.17) is 0 Å². The van der Waals surface area contributed by atoms with E-state index in [1.165, 1.54) is 10.9 Å². The lowest BCUT2D eigenvalue weighted by Gasteiger charge is -2.20. The van der Waals surface area contributed by atoms with E-state index in [9.17, 15) is 14.4 Å². The molecule has 0 bridgehead atoms. The average molecular weight is 376 g/mol. The highest BCUT2D eigenvalue weighted by Gasteiger charge is 2.24. The van der Waals surface area contributed by atoms with Crippen LogP contribution < -0.4 is 15.8 Å². The zero-order chi connectivity index (χ0) is 19.7. The molecule has 2 heterocycles. The summed E-state index contributed by atoms with van der Waals surface area (Å²) < 4.78 is 1.29. The average Bonchev–Trinajstić information content (AvgIpc) is 3.11. The summed E-state index contributed by atoms with van der Waals surface area (Å²) in [5.41, 5.74) is 2.53. The lowest BCUT2D eigenvalue weighted by atomic mass is 10.1. The maximum Gasteiger partial charge on any atom is 0.261 e. The Labute approximate surface area is 161 Å². The summed E-state index contributed by atoms with van der Waals surface area (Å²) in [6.07, 6.45) is 2.71. The van der Waals surface area contributed by atoms with Gasteiger partial charge in [-0.2, -0.15) is 0 Å². The second-order valence-electron chi connectivity index (χ2n) is 6.86. The Kier molecular flexibility index (Phi) is 4.65. The monoisotopic (exact) mass is 376 g/mol. The van der Waals surface area contributed by atoms with Crippen LogP contribution in [-0.4, -0.2) is 27.9 Å². The molecule has 1 N–H and O–H groups in total. The van der Waals surface area contributed by atoms with Gasteiger partial charge in [0, 0.05) is 13.0 Å². The summed E-state index contributed by atoms with van der Waals surface area (Å²) in [4.78, 5) is 43.3. The highest BCUT2D eigenvalue weighted by Crippen LogP contribution is 2.29. The molecule has 0 spiro atoms. The first-order valence-electron chi connectivity index (χ1n) is 9.18. The molecule has 1 aliphatic heterocycles. The number of amides is 2. The normalized spacial score (nSPS) is 13.9. The van der Waals surface area contributed by atoms with Crippen molar-refractivity contribution >= 4 is 34.1 Å². The van der Waals surface area contributed by atoms with Crippen LogP contribution >= 0.6 is 0 Å². The van der Waals surface area contributed by atoms with Crippen molar-refractivity contribution in [1.82, 2.24) is 9.55 Å². The van der Waals surface area contributed by atoms with Gasteiger partial charge in [-0.25, -0.2) is 4.98 Å². The van der Waals surface area contributed by atoms with Gasteiger partial charge >= 0.3 is 0 Å². The third-order valence-electron chi connectivity index (χ3n) is 4.91. The number of aromatic nitrogens is 2. The molecule has 142 valence electrons. The fraction of sp³-hybridized carbons (Fsp3) is 0.238. The topological polar surface area (TPSA) is 84.3 Å². The predicted molar refractivity (Wildman–Crippen MR) is 107 cm³/mol. The molecule has 28 heavy (non-hydrogen) atoms. The fourth-order valence-corrected chi connectivity index (χ4v) is 3.51. The van der Waals surface area contributed by atoms with E-state index in [0.717, 1.165) is 12.0 Å². The molecule has 4 rings (SSSR count). The van der Waals surface area contributed by atoms with Crippen LogP contribution in [0, 0.1) is 6.92 Å². The van der Waals surface area contributed by atoms with Gasteiger partial charge in [-0.15, -0.1) is 0 Å². The highest BCUT2D eigenvalue weighted by molar-refractivity contribution is 6.02. The molecule has 7 nitrogen and oxygen atoms in total. The summed E-state index contributed by atoms with van der Waals surface area (Å²) in [6.45, 7) is 2.37. The number of nitrogens with zero attached hydrogens (tertiary/aromatic N) is 3. The van der Waals surface area contributed by atoms with Crippen molar-refractivity contribution in [2.45, 2.75) is 26.3 Å². The summed E-state index contributed by atoms with van der Waals surface area (Å²) >= 11 is 0. The Morgan fingerprint density at radius 2 is 1.96 bits per heavy atom. The highest BCUT2D eigenvalue weighted by atomic mass is 16.2. The van der Waals surface area contributed by atoms with E-state index in [1.54, 1.807) is 29.2 Å². The number of carbonyl (C=O) groups excluding carboxylic acids is 2. The van der Waals surface area contributed by atoms with Gasteiger partial charge in [-0.05, 0) is 37.1 Å². The van der Waals surface area contributed by atoms with Crippen molar-refractivity contribution in [1.29, 1.82) is 0 Å². The second-order valence-corrected chi connectivity index (χ2v) is 6.86. The maximum absolute atomic E-state index is 12.7. The van der Waals surface area contributed by atoms with Gasteiger partial charge in [0.25, 0.3) is 5.56 Å². The number of fused-ring (bicyclic) bond motifs is 1. The largest absolute Gasteiger partial charge is 0.323 e. The summed E-state index contributed by atoms with van der Waals surface area (Å²) in [5.74, 6) is -0.304. The van der Waals surface area contributed by atoms with Crippen LogP contribution in [0.5, 0.6) is 0 Å². The number of rotatable bonds is 4. The molecule has 1 saturated heterocycles. The Bertz CT molecular complexity index is 1140. The molecule has 0 saturated carbocycles. The van der Waals surface area contributed by atoms with Gasteiger partial charge in [-0.3, -0.25) is 19.0 Å². The number of hydrogen-bond acceptors (Lipinski definition) is 4. The molecule has 2 amide bonds. The maximum atomic E-state index is 12.7. The Morgan fingerprint density at radius 3 is 2.75 bits per heavy atom. The van der Waals surface area contributed by atoms with Crippen molar-refractivity contribution in [2.75, 3.05) is 16.8 Å². The summed E-state index contributed by atoms with van der Waals surface area (Å²) in [7, 11) is 0. The van der Waals surface area contributed by atoms with E-state index in [1.807, 2.05) is 25.1 Å². The lowest BCUT2D eigenvalue weighted by Crippen LogP contribution is -2.29. The van der Waals surface area contributed by atoms with Crippen molar-refractivity contribution in [3.63, 3.8) is 0 Å². The quantitative estimate of drug-likeness (QED) is 0.758. The minimum atomic E-state index is -0.352. The Balaban J connectivity index is 1.58. The molecular weight excluding hydrogens is 356 g/mol. The van der Waals surface area contributed by atoms with Crippen LogP contribution in [0.2, 0.25) is 0 Å². The minimum absolute atomic E-state index is 0.0482. The predicted octanol–water partition coefficient (Wildman–Crippen LogP) is 2.47. The Morgan fingerprint density at radius 1 is 1.14 bits per heavy atom. The molecule has 0 unspecified atom stereocenters. The van der Waals surface area contributed by atoms with E-state index < -0.39 is 0 Å². The standard InChI is InChI=1S/C21H20N4O3/c1-14-6-4-7-15-20(14)22-13-24(21(15)28)12-18(26)23-16-8-2-3-9-17(16)25-11-5-10-19(25)27/h2-4,6-9,13H,5,10-12H2,1H3,(H,23,26). The summed E-state index contributed by atoms with van der Waals surface area (Å²) in [5, 5.41) is 3.31. The van der Waals surface area contributed by atoms with Crippen molar-refractivity contribution in [3.8, 4) is 0 Å². The molecule has 1 aliphatic rings. The minimum Gasteiger partial charge on any atom is -0.323 e. The first-order chi connectivity index (χ1) is 13.5. The molecule has 0 aliphatic carbocycles. The zero-order valence-electron chi connectivity index (χ0n) is 15.5. The number of anilines is 2. The number of aryl methyl sites for hydroxylation is 1. The van der Waals surface area contributed by atoms with Gasteiger partial charge in [0.15, 0.2) is 0 Å². The number of nitrogens with one attached hydrogen (secondary N) is 1. The van der Waals surface area contributed by atoms with Crippen molar-refractivity contribution in [3.05, 3.63) is 64.7 Å². The van der Waals surface area contributed by atoms with Crippen LogP contribution in [0.15, 0.2) is 53.6 Å². The van der Waals surface area contributed by atoms with Crippen LogP contribution in [0.4, 0.5) is 11.4 Å². The van der Waals surface area contributed by atoms with Crippen LogP contribution in [-0.2, 0) is 16.1 Å². The Hall–Kier alpha value is -3.48. The van der Waals surface area contributed by atoms with Crippen molar-refractivity contribution < 1.29 is 9.59 Å². The smallest absolute Gasteiger partial charge is 0.261 e. The number of hydrogen-bond donors (Lipinski definition) is 1. The SMILES string of the molecule is Cc1cccc2c(=O)n(CC(=O)Nc3ccccc3N3CCCC3=O)cnc12.